The van der Waals surface area contributed by atoms with Crippen molar-refractivity contribution < 1.29 is 13.2 Å². The Morgan fingerprint density at radius 1 is 0.903 bits per heavy atom. The van der Waals surface area contributed by atoms with E-state index in [9.17, 15) is 13.2 Å². The van der Waals surface area contributed by atoms with Crippen molar-refractivity contribution in [3.8, 4) is 0 Å². The number of hydrogen-bond acceptors (Lipinski definition) is 3. The number of hydrogen-bond donors (Lipinski definition) is 2. The number of anilines is 1. The molecule has 0 bridgehead atoms. The minimum atomic E-state index is -3.63. The van der Waals surface area contributed by atoms with Crippen molar-refractivity contribution in [1.29, 1.82) is 0 Å². The fourth-order valence-corrected chi connectivity index (χ4v) is 4.60. The van der Waals surface area contributed by atoms with E-state index >= 15 is 0 Å². The molecule has 3 rings (SSSR count). The van der Waals surface area contributed by atoms with E-state index < -0.39 is 10.0 Å². The molecule has 0 radical (unpaired) electrons. The molecule has 1 atom stereocenters. The average Bonchev–Trinajstić information content (AvgIpc) is 2.78. The van der Waals surface area contributed by atoms with Crippen LogP contribution in [0.1, 0.15) is 43.0 Å². The third kappa shape index (κ3) is 6.26. The Kier molecular flexibility index (Phi) is 7.60. The second kappa shape index (κ2) is 10.4. The predicted octanol–water partition coefficient (Wildman–Crippen LogP) is 4.86. The molecule has 0 aliphatic rings. The number of carbonyl (C=O) groups excluding carboxylic acids is 1. The number of para-hydroxylation sites is 1. The molecule has 3 aromatic carbocycles. The van der Waals surface area contributed by atoms with Gasteiger partial charge in [0.2, 0.25) is 15.9 Å². The van der Waals surface area contributed by atoms with Crippen molar-refractivity contribution in [2.24, 2.45) is 0 Å². The van der Waals surface area contributed by atoms with Gasteiger partial charge in [0, 0.05) is 18.2 Å². The van der Waals surface area contributed by atoms with E-state index in [1.54, 1.807) is 24.3 Å². The number of aryl methyl sites for hydroxylation is 2. The minimum absolute atomic E-state index is 0.0593. The summed E-state index contributed by atoms with van der Waals surface area (Å²) in [6.45, 7) is 3.87. The van der Waals surface area contributed by atoms with Crippen molar-refractivity contribution >= 4 is 21.6 Å². The molecule has 0 saturated heterocycles. The predicted molar refractivity (Wildman–Crippen MR) is 124 cm³/mol. The first-order valence-electron chi connectivity index (χ1n) is 10.4. The summed E-state index contributed by atoms with van der Waals surface area (Å²) in [6, 6.07) is 23.6. The Labute approximate surface area is 184 Å². The normalized spacial score (nSPS) is 12.3. The molecule has 162 valence electrons. The van der Waals surface area contributed by atoms with Crippen LogP contribution in [-0.4, -0.2) is 14.3 Å². The van der Waals surface area contributed by atoms with Gasteiger partial charge in [-0.15, -0.1) is 0 Å². The van der Waals surface area contributed by atoms with Gasteiger partial charge in [0.15, 0.2) is 0 Å². The van der Waals surface area contributed by atoms with Crippen molar-refractivity contribution in [3.05, 3.63) is 95.6 Å². The molecule has 2 N–H and O–H groups in total. The fourth-order valence-electron chi connectivity index (χ4n) is 3.37. The summed E-state index contributed by atoms with van der Waals surface area (Å²) < 4.78 is 28.1. The van der Waals surface area contributed by atoms with Crippen LogP contribution in [0.5, 0.6) is 0 Å². The summed E-state index contributed by atoms with van der Waals surface area (Å²) in [4.78, 5) is 12.5. The Morgan fingerprint density at radius 2 is 1.55 bits per heavy atom. The lowest BCUT2D eigenvalue weighted by Gasteiger charge is -2.15. The van der Waals surface area contributed by atoms with Gasteiger partial charge in [0.05, 0.1) is 4.90 Å². The quantitative estimate of drug-likeness (QED) is 0.503. The lowest BCUT2D eigenvalue weighted by atomic mass is 10.1. The molecule has 0 aliphatic heterocycles. The summed E-state index contributed by atoms with van der Waals surface area (Å²) in [7, 11) is -3.63. The van der Waals surface area contributed by atoms with Crippen LogP contribution < -0.4 is 10.0 Å². The summed E-state index contributed by atoms with van der Waals surface area (Å²) >= 11 is 0. The number of carbonyl (C=O) groups is 1. The van der Waals surface area contributed by atoms with E-state index in [2.05, 4.69) is 17.0 Å². The average molecular weight is 437 g/mol. The highest BCUT2D eigenvalue weighted by Gasteiger charge is 2.18. The smallest absolute Gasteiger partial charge is 0.241 e. The van der Waals surface area contributed by atoms with Crippen molar-refractivity contribution in [2.75, 3.05) is 5.32 Å². The van der Waals surface area contributed by atoms with Crippen LogP contribution in [0.4, 0.5) is 5.69 Å². The Balaban J connectivity index is 1.57. The van der Waals surface area contributed by atoms with Gasteiger partial charge in [0.25, 0.3) is 0 Å². The van der Waals surface area contributed by atoms with E-state index in [4.69, 9.17) is 0 Å². The van der Waals surface area contributed by atoms with Crippen molar-refractivity contribution in [2.45, 2.75) is 44.0 Å². The minimum Gasteiger partial charge on any atom is -0.326 e. The van der Waals surface area contributed by atoms with Gasteiger partial charge in [-0.05, 0) is 54.7 Å². The first-order chi connectivity index (χ1) is 14.9. The van der Waals surface area contributed by atoms with E-state index in [1.807, 2.05) is 61.5 Å². The molecule has 0 heterocycles. The van der Waals surface area contributed by atoms with E-state index in [0.717, 1.165) is 28.8 Å². The van der Waals surface area contributed by atoms with Crippen LogP contribution in [0.3, 0.4) is 0 Å². The van der Waals surface area contributed by atoms with Crippen molar-refractivity contribution in [1.82, 2.24) is 4.72 Å². The topological polar surface area (TPSA) is 75.3 Å². The zero-order chi connectivity index (χ0) is 22.3. The highest BCUT2D eigenvalue weighted by molar-refractivity contribution is 7.89. The van der Waals surface area contributed by atoms with Gasteiger partial charge in [-0.1, -0.05) is 67.6 Å². The second-order valence-electron chi connectivity index (χ2n) is 7.46. The van der Waals surface area contributed by atoms with Crippen LogP contribution >= 0.6 is 0 Å². The Morgan fingerprint density at radius 3 is 2.23 bits per heavy atom. The number of sulfonamides is 1. The van der Waals surface area contributed by atoms with Gasteiger partial charge in [-0.2, -0.15) is 0 Å². The van der Waals surface area contributed by atoms with Gasteiger partial charge < -0.3 is 5.32 Å². The van der Waals surface area contributed by atoms with Crippen LogP contribution in [0.2, 0.25) is 0 Å². The third-order valence-electron chi connectivity index (χ3n) is 5.18. The maximum Gasteiger partial charge on any atom is 0.241 e. The Hall–Kier alpha value is -2.96. The Bertz CT molecular complexity index is 1110. The lowest BCUT2D eigenvalue weighted by Crippen LogP contribution is -2.26. The lowest BCUT2D eigenvalue weighted by molar-refractivity contribution is -0.116. The molecule has 0 fully saturated rings. The SMILES string of the molecule is CCc1ccccc1NC(=O)CCc1ccc(S(=O)(=O)N[C@@H](C)c2ccccc2)cc1. The van der Waals surface area contributed by atoms with Crippen LogP contribution in [0.25, 0.3) is 0 Å². The molecule has 31 heavy (non-hydrogen) atoms. The van der Waals surface area contributed by atoms with Crippen LogP contribution in [0.15, 0.2) is 83.8 Å². The van der Waals surface area contributed by atoms with Gasteiger partial charge >= 0.3 is 0 Å². The first-order valence-corrected chi connectivity index (χ1v) is 11.9. The maximum atomic E-state index is 12.7. The zero-order valence-electron chi connectivity index (χ0n) is 17.8. The summed E-state index contributed by atoms with van der Waals surface area (Å²) in [5.41, 5.74) is 3.75. The molecular weight excluding hydrogens is 408 g/mol. The monoisotopic (exact) mass is 436 g/mol. The standard InChI is InChI=1S/C25H28N2O3S/c1-3-21-9-7-8-12-24(21)26-25(28)18-15-20-13-16-23(17-14-20)31(29,30)27-19(2)22-10-5-4-6-11-22/h4-14,16-17,19,27H,3,15,18H2,1-2H3,(H,26,28)/t19-/m0/s1. The second-order valence-corrected chi connectivity index (χ2v) is 9.17. The van der Waals surface area contributed by atoms with Gasteiger partial charge in [-0.3, -0.25) is 4.79 Å². The summed E-state index contributed by atoms with van der Waals surface area (Å²) in [6.07, 6.45) is 1.71. The molecule has 0 saturated carbocycles. The third-order valence-corrected chi connectivity index (χ3v) is 6.73. The van der Waals surface area contributed by atoms with Gasteiger partial charge in [0.1, 0.15) is 0 Å². The maximum absolute atomic E-state index is 12.7. The highest BCUT2D eigenvalue weighted by Crippen LogP contribution is 2.19. The molecule has 0 unspecified atom stereocenters. The molecule has 0 spiro atoms. The van der Waals surface area contributed by atoms with Crippen LogP contribution in [-0.2, 0) is 27.7 Å². The fraction of sp³-hybridized carbons (Fsp3) is 0.240. The van der Waals surface area contributed by atoms with E-state index in [-0.39, 0.29) is 16.8 Å². The molecule has 1 amide bonds. The van der Waals surface area contributed by atoms with E-state index in [0.29, 0.717) is 12.8 Å². The zero-order valence-corrected chi connectivity index (χ0v) is 18.7. The van der Waals surface area contributed by atoms with Crippen molar-refractivity contribution in [3.63, 3.8) is 0 Å². The molecule has 0 aromatic heterocycles. The van der Waals surface area contributed by atoms with E-state index in [1.165, 1.54) is 0 Å². The number of amides is 1. The number of nitrogens with one attached hydrogen (secondary N) is 2. The molecule has 0 aliphatic carbocycles. The molecule has 5 nitrogen and oxygen atoms in total. The number of rotatable bonds is 9. The molecular formula is C25H28N2O3S. The first kappa shape index (κ1) is 22.7. The van der Waals surface area contributed by atoms with Gasteiger partial charge in [-0.25, -0.2) is 13.1 Å². The van der Waals surface area contributed by atoms with Crippen LogP contribution in [0, 0.1) is 0 Å². The molecule has 3 aromatic rings. The largest absolute Gasteiger partial charge is 0.326 e. The highest BCUT2D eigenvalue weighted by atomic mass is 32.2. The molecule has 6 heteroatoms. The summed E-state index contributed by atoms with van der Waals surface area (Å²) in [5.74, 6) is -0.0593. The number of benzene rings is 3. The summed E-state index contributed by atoms with van der Waals surface area (Å²) in [5, 5.41) is 2.96.